The molecule has 2 amide bonds. The van der Waals surface area contributed by atoms with Crippen molar-refractivity contribution in [3.8, 4) is 11.5 Å². The maximum atomic E-state index is 14.1. The molecule has 41 heavy (non-hydrogen) atoms. The lowest BCUT2D eigenvalue weighted by molar-refractivity contribution is -0.140. The van der Waals surface area contributed by atoms with E-state index < -0.39 is 28.5 Å². The molecule has 0 radical (unpaired) electrons. The lowest BCUT2D eigenvalue weighted by Crippen LogP contribution is -2.52. The number of methoxy groups -OCH3 is 2. The molecule has 0 aliphatic carbocycles. The first kappa shape index (κ1) is 32.0. The molecule has 0 heterocycles. The SMILES string of the molecule is CCNC(=O)C(CC)N(Cc1c(Cl)cccc1Cl)C(=O)CN(c1ccccc1OC)S(=O)(=O)c1ccc(OC)cc1. The number of nitrogens with one attached hydrogen (secondary N) is 1. The molecule has 0 spiro atoms. The fourth-order valence-electron chi connectivity index (χ4n) is 4.29. The molecule has 9 nitrogen and oxygen atoms in total. The summed E-state index contributed by atoms with van der Waals surface area (Å²) in [7, 11) is -1.41. The van der Waals surface area contributed by atoms with Crippen molar-refractivity contribution in [2.45, 2.75) is 37.8 Å². The van der Waals surface area contributed by atoms with Gasteiger partial charge in [-0.15, -0.1) is 0 Å². The van der Waals surface area contributed by atoms with Crippen LogP contribution in [0.3, 0.4) is 0 Å². The van der Waals surface area contributed by atoms with Crippen LogP contribution >= 0.6 is 23.2 Å². The molecule has 0 bridgehead atoms. The van der Waals surface area contributed by atoms with Crippen molar-refractivity contribution in [1.29, 1.82) is 0 Å². The second-order valence-electron chi connectivity index (χ2n) is 8.90. The van der Waals surface area contributed by atoms with E-state index in [0.29, 0.717) is 27.9 Å². The molecular formula is C29H33Cl2N3O6S. The van der Waals surface area contributed by atoms with Gasteiger partial charge in [0.1, 0.15) is 24.1 Å². The number of rotatable bonds is 13. The Morgan fingerprint density at radius 2 is 1.54 bits per heavy atom. The number of hydrogen-bond acceptors (Lipinski definition) is 6. The molecule has 12 heteroatoms. The average Bonchev–Trinajstić information content (AvgIpc) is 2.97. The molecule has 1 N–H and O–H groups in total. The highest BCUT2D eigenvalue weighted by Gasteiger charge is 2.35. The standard InChI is InChI=1S/C29H33Cl2N3O6S/c1-5-25(29(36)32-6-2)33(18-22-23(30)10-9-11-24(22)31)28(35)19-34(26-12-7-8-13-27(26)40-4)41(37,38)21-16-14-20(39-3)15-17-21/h7-17,25H,5-6,18-19H2,1-4H3,(H,32,36). The maximum absolute atomic E-state index is 14.1. The summed E-state index contributed by atoms with van der Waals surface area (Å²) in [6.07, 6.45) is 0.263. The molecule has 1 atom stereocenters. The number of sulfonamides is 1. The summed E-state index contributed by atoms with van der Waals surface area (Å²) in [6, 6.07) is 16.3. The van der Waals surface area contributed by atoms with Gasteiger partial charge in [0.25, 0.3) is 10.0 Å². The van der Waals surface area contributed by atoms with E-state index in [1.807, 2.05) is 0 Å². The number of carbonyl (C=O) groups excluding carboxylic acids is 2. The summed E-state index contributed by atoms with van der Waals surface area (Å²) < 4.78 is 39.7. The zero-order valence-corrected chi connectivity index (χ0v) is 25.6. The van der Waals surface area contributed by atoms with E-state index in [4.69, 9.17) is 32.7 Å². The highest BCUT2D eigenvalue weighted by Crippen LogP contribution is 2.33. The summed E-state index contributed by atoms with van der Waals surface area (Å²) >= 11 is 12.9. The van der Waals surface area contributed by atoms with Crippen LogP contribution in [0.2, 0.25) is 10.0 Å². The minimum absolute atomic E-state index is 0.0616. The number of para-hydroxylation sites is 2. The van der Waals surface area contributed by atoms with Crippen LogP contribution in [0.15, 0.2) is 71.6 Å². The van der Waals surface area contributed by atoms with Gasteiger partial charge in [0.2, 0.25) is 11.8 Å². The van der Waals surface area contributed by atoms with Crippen LogP contribution in [0.25, 0.3) is 0 Å². The van der Waals surface area contributed by atoms with Crippen molar-refractivity contribution >= 4 is 50.7 Å². The van der Waals surface area contributed by atoms with Gasteiger partial charge in [0.15, 0.2) is 0 Å². The molecule has 1 unspecified atom stereocenters. The minimum atomic E-state index is -4.29. The van der Waals surface area contributed by atoms with Crippen molar-refractivity contribution in [1.82, 2.24) is 10.2 Å². The van der Waals surface area contributed by atoms with Gasteiger partial charge in [-0.2, -0.15) is 0 Å². The predicted octanol–water partition coefficient (Wildman–Crippen LogP) is 5.15. The first-order chi connectivity index (χ1) is 19.6. The smallest absolute Gasteiger partial charge is 0.264 e. The number of amides is 2. The highest BCUT2D eigenvalue weighted by atomic mass is 35.5. The van der Waals surface area contributed by atoms with E-state index >= 15 is 0 Å². The molecule has 0 aromatic heterocycles. The second-order valence-corrected chi connectivity index (χ2v) is 11.6. The fraction of sp³-hybridized carbons (Fsp3) is 0.310. The quantitative estimate of drug-likeness (QED) is 0.283. The van der Waals surface area contributed by atoms with Crippen molar-refractivity contribution < 1.29 is 27.5 Å². The van der Waals surface area contributed by atoms with Gasteiger partial charge in [0.05, 0.1) is 24.8 Å². The van der Waals surface area contributed by atoms with E-state index in [1.165, 1.54) is 43.4 Å². The van der Waals surface area contributed by atoms with E-state index in [-0.39, 0.29) is 35.2 Å². The summed E-state index contributed by atoms with van der Waals surface area (Å²) in [4.78, 5) is 28.5. The maximum Gasteiger partial charge on any atom is 0.264 e. The Morgan fingerprint density at radius 3 is 2.10 bits per heavy atom. The molecule has 0 fully saturated rings. The third kappa shape index (κ3) is 7.44. The lowest BCUT2D eigenvalue weighted by Gasteiger charge is -2.33. The molecule has 0 aliphatic rings. The fourth-order valence-corrected chi connectivity index (χ4v) is 6.23. The van der Waals surface area contributed by atoms with Crippen molar-refractivity contribution in [2.75, 3.05) is 31.6 Å². The Balaban J connectivity index is 2.14. The molecule has 3 rings (SSSR count). The van der Waals surface area contributed by atoms with E-state index in [0.717, 1.165) is 4.31 Å². The van der Waals surface area contributed by atoms with Crippen LogP contribution in [0.4, 0.5) is 5.69 Å². The number of halogens is 2. The first-order valence-corrected chi connectivity index (χ1v) is 15.1. The second kappa shape index (κ2) is 14.4. The number of carbonyl (C=O) groups is 2. The third-order valence-corrected chi connectivity index (χ3v) is 8.89. The van der Waals surface area contributed by atoms with Crippen LogP contribution in [0, 0.1) is 0 Å². The van der Waals surface area contributed by atoms with Crippen LogP contribution in [-0.4, -0.2) is 58.5 Å². The zero-order valence-electron chi connectivity index (χ0n) is 23.3. The molecule has 0 saturated heterocycles. The van der Waals surface area contributed by atoms with Crippen LogP contribution in [0.5, 0.6) is 11.5 Å². The highest BCUT2D eigenvalue weighted by molar-refractivity contribution is 7.92. The Bertz CT molecular complexity index is 1450. The number of anilines is 1. The molecule has 220 valence electrons. The van der Waals surface area contributed by atoms with Crippen LogP contribution in [0.1, 0.15) is 25.8 Å². The third-order valence-electron chi connectivity index (χ3n) is 6.41. The largest absolute Gasteiger partial charge is 0.497 e. The number of hydrogen-bond donors (Lipinski definition) is 1. The van der Waals surface area contributed by atoms with Crippen molar-refractivity contribution in [3.05, 3.63) is 82.3 Å². The summed E-state index contributed by atoms with van der Waals surface area (Å²) in [5, 5.41) is 3.38. The summed E-state index contributed by atoms with van der Waals surface area (Å²) in [5.74, 6) is -0.302. The number of likely N-dealkylation sites (N-methyl/N-ethyl adjacent to an activating group) is 1. The van der Waals surface area contributed by atoms with Gasteiger partial charge in [-0.05, 0) is 61.9 Å². The van der Waals surface area contributed by atoms with Crippen LogP contribution < -0.4 is 19.1 Å². The molecule has 0 saturated carbocycles. The van der Waals surface area contributed by atoms with Crippen molar-refractivity contribution in [3.63, 3.8) is 0 Å². The van der Waals surface area contributed by atoms with Gasteiger partial charge in [0, 0.05) is 28.7 Å². The minimum Gasteiger partial charge on any atom is -0.497 e. The number of ether oxygens (including phenoxy) is 2. The van der Waals surface area contributed by atoms with Gasteiger partial charge >= 0.3 is 0 Å². The first-order valence-electron chi connectivity index (χ1n) is 12.9. The van der Waals surface area contributed by atoms with E-state index in [9.17, 15) is 18.0 Å². The number of benzene rings is 3. The number of nitrogens with zero attached hydrogens (tertiary/aromatic N) is 2. The molecule has 3 aromatic carbocycles. The molecule has 0 aliphatic heterocycles. The van der Waals surface area contributed by atoms with Gasteiger partial charge in [-0.25, -0.2) is 8.42 Å². The summed E-state index contributed by atoms with van der Waals surface area (Å²) in [5.41, 5.74) is 0.592. The van der Waals surface area contributed by atoms with Gasteiger partial charge in [-0.1, -0.05) is 48.3 Å². The van der Waals surface area contributed by atoms with E-state index in [1.54, 1.807) is 56.3 Å². The van der Waals surface area contributed by atoms with Gasteiger partial charge in [-0.3, -0.25) is 13.9 Å². The monoisotopic (exact) mass is 621 g/mol. The molecular weight excluding hydrogens is 589 g/mol. The van der Waals surface area contributed by atoms with Gasteiger partial charge < -0.3 is 19.7 Å². The van der Waals surface area contributed by atoms with E-state index in [2.05, 4.69) is 5.32 Å². The lowest BCUT2D eigenvalue weighted by atomic mass is 10.1. The Kier molecular flexibility index (Phi) is 11.3. The van der Waals surface area contributed by atoms with Crippen LogP contribution in [-0.2, 0) is 26.2 Å². The average molecular weight is 623 g/mol. The summed E-state index contributed by atoms with van der Waals surface area (Å²) in [6.45, 7) is 3.14. The zero-order chi connectivity index (χ0) is 30.2. The predicted molar refractivity (Wildman–Crippen MR) is 160 cm³/mol. The normalized spacial score (nSPS) is 11.9. The molecule has 3 aromatic rings. The van der Waals surface area contributed by atoms with Crippen molar-refractivity contribution in [2.24, 2.45) is 0 Å². The Morgan fingerprint density at radius 1 is 0.902 bits per heavy atom. The Labute approximate surface area is 251 Å². The Hall–Kier alpha value is -3.47. The topological polar surface area (TPSA) is 105 Å².